The zero-order chi connectivity index (χ0) is 24.2. The molecule has 0 bridgehead atoms. The van der Waals surface area contributed by atoms with Crippen molar-refractivity contribution in [2.45, 2.75) is 16.2 Å². The third kappa shape index (κ3) is 6.22. The summed E-state index contributed by atoms with van der Waals surface area (Å²) in [7, 11) is -7.58. The normalized spacial score (nSPS) is 12.1. The lowest BCUT2D eigenvalue weighted by Gasteiger charge is -2.07. The first kappa shape index (κ1) is 24.1. The maximum Gasteiger partial charge on any atom is 0.339 e. The molecule has 0 aliphatic heterocycles. The number of benzene rings is 2. The summed E-state index contributed by atoms with van der Waals surface area (Å²) in [5.41, 5.74) is 1.05. The monoisotopic (exact) mass is 504 g/mol. The Labute approximate surface area is 194 Å². The third-order valence-corrected chi connectivity index (χ3v) is 7.78. The average molecular weight is 505 g/mol. The molecule has 1 amide bonds. The van der Waals surface area contributed by atoms with Crippen molar-refractivity contribution in [2.75, 3.05) is 11.6 Å². The van der Waals surface area contributed by atoms with Crippen molar-refractivity contribution in [2.24, 2.45) is 0 Å². The minimum atomic E-state index is -4.01. The van der Waals surface area contributed by atoms with Crippen molar-refractivity contribution in [3.8, 4) is 11.8 Å². The number of nitrogens with one attached hydrogen (secondary N) is 1. The second-order valence-electron chi connectivity index (χ2n) is 6.69. The van der Waals surface area contributed by atoms with Gasteiger partial charge in [-0.05, 0) is 42.8 Å². The number of hydrogen-bond donors (Lipinski definition) is 1. The molecule has 10 nitrogen and oxygen atoms in total. The lowest BCUT2D eigenvalue weighted by atomic mass is 10.1. The Morgan fingerprint density at radius 3 is 2.24 bits per heavy atom. The van der Waals surface area contributed by atoms with Gasteiger partial charge in [-0.1, -0.05) is 41.2 Å². The predicted molar refractivity (Wildman–Crippen MR) is 121 cm³/mol. The lowest BCUT2D eigenvalue weighted by molar-refractivity contribution is -0.112. The van der Waals surface area contributed by atoms with Crippen LogP contribution in [0.25, 0.3) is 6.08 Å². The van der Waals surface area contributed by atoms with Crippen LogP contribution in [0.15, 0.2) is 63.3 Å². The van der Waals surface area contributed by atoms with Crippen molar-refractivity contribution < 1.29 is 25.8 Å². The van der Waals surface area contributed by atoms with E-state index in [0.29, 0.717) is 16.9 Å². The van der Waals surface area contributed by atoms with Gasteiger partial charge in [0.25, 0.3) is 5.91 Å². The summed E-state index contributed by atoms with van der Waals surface area (Å²) in [6, 6.07) is 13.6. The van der Waals surface area contributed by atoms with Crippen LogP contribution in [-0.4, -0.2) is 39.2 Å². The molecule has 33 heavy (non-hydrogen) atoms. The van der Waals surface area contributed by atoms with Gasteiger partial charge in [0.15, 0.2) is 0 Å². The van der Waals surface area contributed by atoms with Gasteiger partial charge in [0, 0.05) is 6.26 Å². The van der Waals surface area contributed by atoms with Gasteiger partial charge in [0.1, 0.15) is 22.3 Å². The zero-order valence-electron chi connectivity index (χ0n) is 17.2. The van der Waals surface area contributed by atoms with Crippen molar-refractivity contribution in [3.05, 3.63) is 65.2 Å². The molecule has 13 heteroatoms. The second-order valence-corrected chi connectivity index (χ2v) is 11.4. The number of carbonyl (C=O) groups excluding carboxylic acids is 1. The molecule has 1 aromatic heterocycles. The Balaban J connectivity index is 1.73. The topological polar surface area (TPSA) is 156 Å². The summed E-state index contributed by atoms with van der Waals surface area (Å²) in [5, 5.41) is 18.6. The van der Waals surface area contributed by atoms with Crippen molar-refractivity contribution in [1.29, 1.82) is 5.26 Å². The van der Waals surface area contributed by atoms with E-state index in [2.05, 4.69) is 15.5 Å². The molecule has 0 aliphatic carbocycles. The fourth-order valence-corrected chi connectivity index (χ4v) is 4.82. The van der Waals surface area contributed by atoms with Gasteiger partial charge in [0.05, 0.1) is 0 Å². The van der Waals surface area contributed by atoms with E-state index in [4.69, 9.17) is 4.18 Å². The summed E-state index contributed by atoms with van der Waals surface area (Å²) >= 11 is 0.656. The number of nitrogens with zero attached hydrogens (tertiary/aromatic N) is 3. The molecule has 0 fully saturated rings. The first-order valence-electron chi connectivity index (χ1n) is 9.06. The maximum absolute atomic E-state index is 12.4. The summed E-state index contributed by atoms with van der Waals surface area (Å²) in [5.74, 6) is -0.756. The fourth-order valence-electron chi connectivity index (χ4n) is 2.39. The molecule has 1 heterocycles. The number of aryl methyl sites for hydroxylation is 1. The van der Waals surface area contributed by atoms with Crippen molar-refractivity contribution in [3.63, 3.8) is 0 Å². The van der Waals surface area contributed by atoms with E-state index < -0.39 is 25.9 Å². The Morgan fingerprint density at radius 2 is 1.70 bits per heavy atom. The Bertz CT molecular complexity index is 1470. The average Bonchev–Trinajstić information content (AvgIpc) is 3.22. The molecule has 3 aromatic rings. The molecule has 3 rings (SSSR count). The molecule has 2 aromatic carbocycles. The van der Waals surface area contributed by atoms with E-state index in [9.17, 15) is 26.9 Å². The first-order valence-corrected chi connectivity index (χ1v) is 13.2. The molecule has 0 atom stereocenters. The lowest BCUT2D eigenvalue weighted by Crippen LogP contribution is -2.13. The van der Waals surface area contributed by atoms with Gasteiger partial charge >= 0.3 is 10.1 Å². The van der Waals surface area contributed by atoms with Gasteiger partial charge in [-0.15, -0.1) is 10.2 Å². The predicted octanol–water partition coefficient (Wildman–Crippen LogP) is 2.56. The van der Waals surface area contributed by atoms with E-state index in [1.165, 1.54) is 42.5 Å². The third-order valence-electron chi connectivity index (χ3n) is 4.02. The number of anilines is 1. The minimum Gasteiger partial charge on any atom is -0.379 e. The van der Waals surface area contributed by atoms with Gasteiger partial charge in [-0.25, -0.2) is 8.42 Å². The molecule has 0 saturated carbocycles. The number of amides is 1. The van der Waals surface area contributed by atoms with Gasteiger partial charge in [-0.3, -0.25) is 10.1 Å². The van der Waals surface area contributed by atoms with Gasteiger partial charge in [0.2, 0.25) is 19.3 Å². The molecule has 0 aliphatic rings. The largest absolute Gasteiger partial charge is 0.379 e. The van der Waals surface area contributed by atoms with Crippen molar-refractivity contribution >= 4 is 48.4 Å². The minimum absolute atomic E-state index is 0.0104. The maximum atomic E-state index is 12.4. The highest BCUT2D eigenvalue weighted by Crippen LogP contribution is 2.22. The van der Waals surface area contributed by atoms with Crippen LogP contribution in [-0.2, 0) is 24.7 Å². The number of sulfone groups is 1. The van der Waals surface area contributed by atoms with Crippen molar-refractivity contribution in [1.82, 2.24) is 10.2 Å². The standard InChI is InChI=1S/C20H16N4O6S3/c1-13-3-9-17(10-4-13)33(28,29)30-16-7-5-14(6-8-16)11-15(12-21)18(25)22-19-23-24-20(31-19)32(2,26)27/h3-11H,1-2H3,(H,22,23,25)/b15-11-. The summed E-state index contributed by atoms with van der Waals surface area (Å²) in [6.45, 7) is 1.83. The van der Waals surface area contributed by atoms with Crippen LogP contribution >= 0.6 is 11.3 Å². The van der Waals surface area contributed by atoms with Crippen LogP contribution < -0.4 is 9.50 Å². The van der Waals surface area contributed by atoms with E-state index in [0.717, 1.165) is 11.8 Å². The highest BCUT2D eigenvalue weighted by atomic mass is 32.2. The molecule has 0 radical (unpaired) electrons. The molecule has 170 valence electrons. The Hall–Kier alpha value is -3.60. The van der Waals surface area contributed by atoms with E-state index >= 15 is 0 Å². The smallest absolute Gasteiger partial charge is 0.339 e. The first-order chi connectivity index (χ1) is 15.5. The molecular weight excluding hydrogens is 488 g/mol. The Morgan fingerprint density at radius 1 is 1.06 bits per heavy atom. The molecule has 0 spiro atoms. The SMILES string of the molecule is Cc1ccc(S(=O)(=O)Oc2ccc(/C=C(/C#N)C(=O)Nc3nnc(S(C)(=O)=O)s3)cc2)cc1. The number of hydrogen-bond acceptors (Lipinski definition) is 10. The van der Waals surface area contributed by atoms with Crippen LogP contribution in [0.3, 0.4) is 0 Å². The molecule has 1 N–H and O–H groups in total. The summed E-state index contributed by atoms with van der Waals surface area (Å²) in [6.07, 6.45) is 2.23. The van der Waals surface area contributed by atoms with E-state index in [-0.39, 0.29) is 25.7 Å². The fraction of sp³-hybridized carbons (Fsp3) is 0.100. The molecule has 0 saturated heterocycles. The van der Waals surface area contributed by atoms with Crippen LogP contribution in [0, 0.1) is 18.3 Å². The quantitative estimate of drug-likeness (QED) is 0.221. The summed E-state index contributed by atoms with van der Waals surface area (Å²) < 4.78 is 52.5. The number of aromatic nitrogens is 2. The highest BCUT2D eigenvalue weighted by molar-refractivity contribution is 7.92. The Kier molecular flexibility index (Phi) is 6.92. The van der Waals surface area contributed by atoms with Crippen LogP contribution in [0.2, 0.25) is 0 Å². The second kappa shape index (κ2) is 9.49. The van der Waals surface area contributed by atoms with Crippen LogP contribution in [0.1, 0.15) is 11.1 Å². The van der Waals surface area contributed by atoms with Crippen LogP contribution in [0.5, 0.6) is 5.75 Å². The number of rotatable bonds is 7. The molecule has 0 unspecified atom stereocenters. The number of carbonyl (C=O) groups is 1. The highest BCUT2D eigenvalue weighted by Gasteiger charge is 2.18. The number of nitriles is 1. The van der Waals surface area contributed by atoms with Gasteiger partial charge in [-0.2, -0.15) is 13.7 Å². The summed E-state index contributed by atoms with van der Waals surface area (Å²) in [4.78, 5) is 12.3. The molecular formula is C20H16N4O6S3. The van der Waals surface area contributed by atoms with E-state index in [1.54, 1.807) is 18.2 Å². The zero-order valence-corrected chi connectivity index (χ0v) is 19.7. The van der Waals surface area contributed by atoms with Gasteiger partial charge < -0.3 is 4.18 Å². The van der Waals surface area contributed by atoms with E-state index in [1.807, 2.05) is 6.92 Å². The van der Waals surface area contributed by atoms with Crippen LogP contribution in [0.4, 0.5) is 5.13 Å².